The van der Waals surface area contributed by atoms with Crippen molar-refractivity contribution >= 4 is 27.0 Å². The molecule has 3 aromatic rings. The molecule has 2 N–H and O–H groups in total. The van der Waals surface area contributed by atoms with Gasteiger partial charge < -0.3 is 14.3 Å². The molecule has 8 heteroatoms. The zero-order valence-corrected chi connectivity index (χ0v) is 15.6. The number of ether oxygens (including phenoxy) is 1. The van der Waals surface area contributed by atoms with Gasteiger partial charge in [-0.1, -0.05) is 18.2 Å². The number of esters is 1. The van der Waals surface area contributed by atoms with Gasteiger partial charge in [0.1, 0.15) is 16.9 Å². The summed E-state index contributed by atoms with van der Waals surface area (Å²) in [6.07, 6.45) is 0. The Bertz CT molecular complexity index is 1030. The zero-order chi connectivity index (χ0) is 19.7. The Morgan fingerprint density at radius 2 is 1.85 bits per heavy atom. The van der Waals surface area contributed by atoms with Crippen LogP contribution < -0.4 is 4.72 Å². The molecule has 0 aliphatic rings. The maximum absolute atomic E-state index is 12.5. The summed E-state index contributed by atoms with van der Waals surface area (Å²) in [4.78, 5) is 11.4. The van der Waals surface area contributed by atoms with Gasteiger partial charge in [-0.2, -0.15) is 0 Å². The van der Waals surface area contributed by atoms with Gasteiger partial charge in [-0.3, -0.25) is 0 Å². The van der Waals surface area contributed by atoms with Crippen molar-refractivity contribution in [3.05, 3.63) is 65.9 Å². The lowest BCUT2D eigenvalue weighted by molar-refractivity contribution is 0.0411. The molecule has 1 atom stereocenters. The van der Waals surface area contributed by atoms with Crippen molar-refractivity contribution in [3.63, 3.8) is 0 Å². The Morgan fingerprint density at radius 1 is 1.19 bits per heavy atom. The third-order valence-electron chi connectivity index (χ3n) is 4.15. The highest BCUT2D eigenvalue weighted by atomic mass is 32.2. The summed E-state index contributed by atoms with van der Waals surface area (Å²) < 4.78 is 37.5. The third-order valence-corrected chi connectivity index (χ3v) is 5.57. The van der Waals surface area contributed by atoms with Crippen molar-refractivity contribution in [1.29, 1.82) is 0 Å². The van der Waals surface area contributed by atoms with Crippen molar-refractivity contribution < 1.29 is 27.5 Å². The summed E-state index contributed by atoms with van der Waals surface area (Å²) in [5, 5.41) is 11.5. The third kappa shape index (κ3) is 4.02. The van der Waals surface area contributed by atoms with Crippen molar-refractivity contribution in [3.8, 4) is 0 Å². The van der Waals surface area contributed by atoms with Crippen molar-refractivity contribution in [1.82, 2.24) is 4.72 Å². The van der Waals surface area contributed by atoms with Gasteiger partial charge in [0.2, 0.25) is 10.0 Å². The lowest BCUT2D eigenvalue weighted by Gasteiger charge is -2.21. The largest absolute Gasteiger partial charge is 0.465 e. The quantitative estimate of drug-likeness (QED) is 0.627. The number of nitrogens with one attached hydrogen (secondary N) is 1. The molecule has 0 fully saturated rings. The Hall–Kier alpha value is -2.68. The minimum Gasteiger partial charge on any atom is -0.465 e. The van der Waals surface area contributed by atoms with E-state index in [2.05, 4.69) is 9.46 Å². The number of para-hydroxylation sites is 1. The molecule has 1 unspecified atom stereocenters. The van der Waals surface area contributed by atoms with Crippen LogP contribution in [0.1, 0.15) is 23.0 Å². The van der Waals surface area contributed by atoms with Crippen LogP contribution in [0.25, 0.3) is 11.0 Å². The van der Waals surface area contributed by atoms with E-state index >= 15 is 0 Å². The fourth-order valence-electron chi connectivity index (χ4n) is 2.54. The fraction of sp³-hybridized carbons (Fsp3) is 0.211. The lowest BCUT2D eigenvalue weighted by atomic mass is 10.0. The molecule has 0 saturated carbocycles. The second-order valence-corrected chi connectivity index (χ2v) is 8.03. The van der Waals surface area contributed by atoms with Crippen LogP contribution in [0.2, 0.25) is 0 Å². The second-order valence-electron chi connectivity index (χ2n) is 6.26. The molecular formula is C19H19NO6S. The predicted molar refractivity (Wildman–Crippen MR) is 98.8 cm³/mol. The first-order valence-corrected chi connectivity index (χ1v) is 9.61. The molecule has 1 aromatic heterocycles. The minimum atomic E-state index is -3.88. The molecule has 2 aromatic carbocycles. The van der Waals surface area contributed by atoms with Crippen LogP contribution in [0.3, 0.4) is 0 Å². The first kappa shape index (κ1) is 19.1. The number of carbonyl (C=O) groups excluding carboxylic acids is 1. The van der Waals surface area contributed by atoms with E-state index < -0.39 is 21.6 Å². The molecule has 0 radical (unpaired) electrons. The molecule has 1 heterocycles. The Labute approximate surface area is 156 Å². The van der Waals surface area contributed by atoms with Crippen molar-refractivity contribution in [2.45, 2.75) is 17.4 Å². The molecule has 0 amide bonds. The summed E-state index contributed by atoms with van der Waals surface area (Å²) in [5.74, 6) is -0.299. The van der Waals surface area contributed by atoms with Crippen molar-refractivity contribution in [2.75, 3.05) is 13.7 Å². The van der Waals surface area contributed by atoms with Crippen LogP contribution >= 0.6 is 0 Å². The molecule has 0 bridgehead atoms. The van der Waals surface area contributed by atoms with E-state index in [1.165, 1.54) is 38.3 Å². The number of hydrogen-bond acceptors (Lipinski definition) is 6. The molecule has 27 heavy (non-hydrogen) atoms. The summed E-state index contributed by atoms with van der Waals surface area (Å²) in [5.41, 5.74) is -0.697. The van der Waals surface area contributed by atoms with Crippen LogP contribution in [0.15, 0.2) is 63.9 Å². The number of methoxy groups -OCH3 is 1. The number of hydrogen-bond donors (Lipinski definition) is 2. The first-order chi connectivity index (χ1) is 12.7. The first-order valence-electron chi connectivity index (χ1n) is 8.12. The SMILES string of the molecule is COC(=O)c1ccc(S(=O)(=O)NCC(C)(O)c2cc3ccccc3o2)cc1. The normalized spacial score (nSPS) is 14.0. The molecule has 0 aliphatic carbocycles. The number of benzene rings is 2. The molecular weight excluding hydrogens is 370 g/mol. The highest BCUT2D eigenvalue weighted by Crippen LogP contribution is 2.27. The van der Waals surface area contributed by atoms with E-state index in [1.54, 1.807) is 12.1 Å². The smallest absolute Gasteiger partial charge is 0.337 e. The summed E-state index contributed by atoms with van der Waals surface area (Å²) >= 11 is 0. The fourth-order valence-corrected chi connectivity index (χ4v) is 3.67. The predicted octanol–water partition coefficient (Wildman–Crippen LogP) is 2.41. The zero-order valence-electron chi connectivity index (χ0n) is 14.8. The highest BCUT2D eigenvalue weighted by molar-refractivity contribution is 7.89. The summed E-state index contributed by atoms with van der Waals surface area (Å²) in [6.45, 7) is 1.18. The maximum atomic E-state index is 12.5. The van der Waals surface area contributed by atoms with Gasteiger partial charge in [-0.05, 0) is 43.3 Å². The molecule has 3 rings (SSSR count). The van der Waals surface area contributed by atoms with Crippen molar-refractivity contribution in [2.24, 2.45) is 0 Å². The number of aliphatic hydroxyl groups is 1. The average Bonchev–Trinajstić information content (AvgIpc) is 3.11. The maximum Gasteiger partial charge on any atom is 0.337 e. The lowest BCUT2D eigenvalue weighted by Crippen LogP contribution is -2.38. The molecule has 142 valence electrons. The van der Waals surface area contributed by atoms with Gasteiger partial charge in [0.25, 0.3) is 0 Å². The summed E-state index contributed by atoms with van der Waals surface area (Å²) in [6, 6.07) is 14.2. The topological polar surface area (TPSA) is 106 Å². The van der Waals surface area contributed by atoms with E-state index in [0.29, 0.717) is 5.58 Å². The average molecular weight is 389 g/mol. The number of fused-ring (bicyclic) bond motifs is 1. The minimum absolute atomic E-state index is 0.0319. The monoisotopic (exact) mass is 389 g/mol. The van der Waals surface area contributed by atoms with Gasteiger partial charge in [-0.15, -0.1) is 0 Å². The summed E-state index contributed by atoms with van der Waals surface area (Å²) in [7, 11) is -2.64. The number of rotatable bonds is 6. The van der Waals surface area contributed by atoms with E-state index in [1.807, 2.05) is 18.2 Å². The van der Waals surface area contributed by atoms with Crippen LogP contribution in [0.4, 0.5) is 0 Å². The van der Waals surface area contributed by atoms with Gasteiger partial charge >= 0.3 is 5.97 Å². The van der Waals surface area contributed by atoms with Crippen LogP contribution in [-0.4, -0.2) is 33.1 Å². The Morgan fingerprint density at radius 3 is 2.48 bits per heavy atom. The molecule has 7 nitrogen and oxygen atoms in total. The van der Waals surface area contributed by atoms with Gasteiger partial charge in [0, 0.05) is 11.9 Å². The van der Waals surface area contributed by atoms with E-state index in [9.17, 15) is 18.3 Å². The molecule has 0 saturated heterocycles. The number of sulfonamides is 1. The standard InChI is InChI=1S/C19H19NO6S/c1-19(22,17-11-14-5-3-4-6-16(14)26-17)12-20-27(23,24)15-9-7-13(8-10-15)18(21)25-2/h3-11,20,22H,12H2,1-2H3. The van der Waals surface area contributed by atoms with E-state index in [-0.39, 0.29) is 22.8 Å². The van der Waals surface area contributed by atoms with Gasteiger partial charge in [0.15, 0.2) is 0 Å². The van der Waals surface area contributed by atoms with Crippen LogP contribution in [0.5, 0.6) is 0 Å². The number of carbonyl (C=O) groups is 1. The molecule has 0 spiro atoms. The van der Waals surface area contributed by atoms with Gasteiger partial charge in [-0.25, -0.2) is 17.9 Å². The number of furan rings is 1. The van der Waals surface area contributed by atoms with Crippen LogP contribution in [0, 0.1) is 0 Å². The van der Waals surface area contributed by atoms with Gasteiger partial charge in [0.05, 0.1) is 17.6 Å². The second kappa shape index (κ2) is 7.15. The highest BCUT2D eigenvalue weighted by Gasteiger charge is 2.30. The Balaban J connectivity index is 1.76. The van der Waals surface area contributed by atoms with E-state index in [4.69, 9.17) is 4.42 Å². The van der Waals surface area contributed by atoms with Crippen LogP contribution in [-0.2, 0) is 20.4 Å². The molecule has 0 aliphatic heterocycles. The van der Waals surface area contributed by atoms with E-state index in [0.717, 1.165) is 5.39 Å². The Kier molecular flexibility index (Phi) is 5.05.